The standard InChI is InChI=1S/C25H36N2O2.ClH/c1-24-15-13-23(28)27(3)21(24)10-8-18-19-9-11-22(25(19,2)14-12-20(18)24)29-17-6-4-16(26)5-7-17;/h4-7,18-22H,8-15,26H2,1-3H3;1H/t18-,19-,20-,21+,22-,24+,25-;/m0./s1. The van der Waals surface area contributed by atoms with Gasteiger partial charge in [-0.1, -0.05) is 13.8 Å². The van der Waals surface area contributed by atoms with Crippen LogP contribution in [0.3, 0.4) is 0 Å². The predicted molar refractivity (Wildman–Crippen MR) is 123 cm³/mol. The molecular formula is C25H37ClN2O2. The van der Waals surface area contributed by atoms with Gasteiger partial charge in [-0.2, -0.15) is 0 Å². The summed E-state index contributed by atoms with van der Waals surface area (Å²) in [7, 11) is 2.05. The number of nitrogen functional groups attached to an aromatic ring is 1. The first-order valence-corrected chi connectivity index (χ1v) is 11.6. The lowest BCUT2D eigenvalue weighted by Crippen LogP contribution is -2.61. The predicted octanol–water partition coefficient (Wildman–Crippen LogP) is 5.30. The number of carbonyl (C=O) groups excluding carboxylic acids is 1. The van der Waals surface area contributed by atoms with Crippen LogP contribution in [0.25, 0.3) is 0 Å². The summed E-state index contributed by atoms with van der Waals surface area (Å²) in [5.74, 6) is 3.60. The molecule has 7 atom stereocenters. The zero-order chi connectivity index (χ0) is 20.4. The number of hydrogen-bond acceptors (Lipinski definition) is 3. The summed E-state index contributed by atoms with van der Waals surface area (Å²) >= 11 is 0. The second-order valence-electron chi connectivity index (χ2n) is 10.8. The summed E-state index contributed by atoms with van der Waals surface area (Å²) in [4.78, 5) is 14.4. The van der Waals surface area contributed by atoms with Crippen LogP contribution in [-0.4, -0.2) is 30.0 Å². The number of piperidine rings is 1. The van der Waals surface area contributed by atoms with Crippen molar-refractivity contribution in [3.63, 3.8) is 0 Å². The molecule has 1 saturated heterocycles. The van der Waals surface area contributed by atoms with Crippen molar-refractivity contribution in [3.05, 3.63) is 24.3 Å². The average molecular weight is 433 g/mol. The van der Waals surface area contributed by atoms with Gasteiger partial charge in [0.2, 0.25) is 5.91 Å². The van der Waals surface area contributed by atoms with Crippen LogP contribution in [0.15, 0.2) is 24.3 Å². The van der Waals surface area contributed by atoms with Crippen molar-refractivity contribution in [1.29, 1.82) is 0 Å². The monoisotopic (exact) mass is 432 g/mol. The molecule has 1 aliphatic heterocycles. The fourth-order valence-corrected chi connectivity index (χ4v) is 8.01. The summed E-state index contributed by atoms with van der Waals surface area (Å²) in [6.45, 7) is 4.99. The zero-order valence-corrected chi connectivity index (χ0v) is 19.4. The van der Waals surface area contributed by atoms with Crippen molar-refractivity contribution >= 4 is 24.0 Å². The Morgan fingerprint density at radius 1 is 0.967 bits per heavy atom. The van der Waals surface area contributed by atoms with Crippen molar-refractivity contribution in [2.45, 2.75) is 77.4 Å². The number of carbonyl (C=O) groups is 1. The van der Waals surface area contributed by atoms with Crippen LogP contribution in [0, 0.1) is 28.6 Å². The number of halogens is 1. The Hall–Kier alpha value is -1.42. The van der Waals surface area contributed by atoms with Crippen LogP contribution in [0.4, 0.5) is 5.69 Å². The largest absolute Gasteiger partial charge is 0.490 e. The number of rotatable bonds is 2. The first-order valence-electron chi connectivity index (χ1n) is 11.6. The van der Waals surface area contributed by atoms with Crippen LogP contribution in [-0.2, 0) is 4.79 Å². The number of hydrogen-bond donors (Lipinski definition) is 1. The Morgan fingerprint density at radius 2 is 1.67 bits per heavy atom. The minimum absolute atomic E-state index is 0. The zero-order valence-electron chi connectivity index (χ0n) is 18.6. The molecule has 4 fully saturated rings. The van der Waals surface area contributed by atoms with Crippen LogP contribution in [0.5, 0.6) is 5.75 Å². The molecule has 1 amide bonds. The van der Waals surface area contributed by atoms with E-state index in [2.05, 4.69) is 18.7 Å². The highest BCUT2D eigenvalue weighted by Crippen LogP contribution is 2.65. The van der Waals surface area contributed by atoms with E-state index in [0.29, 0.717) is 23.5 Å². The van der Waals surface area contributed by atoms with Gasteiger partial charge >= 0.3 is 0 Å². The van der Waals surface area contributed by atoms with Crippen LogP contribution < -0.4 is 10.5 Å². The third-order valence-corrected chi connectivity index (χ3v) is 9.63. The lowest BCUT2D eigenvalue weighted by atomic mass is 9.47. The molecule has 30 heavy (non-hydrogen) atoms. The average Bonchev–Trinajstić information content (AvgIpc) is 3.03. The van der Waals surface area contributed by atoms with Gasteiger partial charge in [0.15, 0.2) is 0 Å². The quantitative estimate of drug-likeness (QED) is 0.645. The maximum Gasteiger partial charge on any atom is 0.222 e. The molecule has 3 aliphatic carbocycles. The van der Waals surface area contributed by atoms with Crippen LogP contribution in [0.1, 0.15) is 65.2 Å². The molecular weight excluding hydrogens is 396 g/mol. The highest BCUT2D eigenvalue weighted by atomic mass is 35.5. The molecule has 1 aromatic rings. The fraction of sp³-hybridized carbons (Fsp3) is 0.720. The van der Waals surface area contributed by atoms with E-state index in [1.165, 1.54) is 32.1 Å². The van der Waals surface area contributed by atoms with Crippen molar-refractivity contribution in [2.75, 3.05) is 12.8 Å². The molecule has 4 aliphatic rings. The number of nitrogens with zero attached hydrogens (tertiary/aromatic N) is 1. The van der Waals surface area contributed by atoms with E-state index < -0.39 is 0 Å². The third kappa shape index (κ3) is 3.13. The fourth-order valence-electron chi connectivity index (χ4n) is 8.01. The number of benzene rings is 1. The van der Waals surface area contributed by atoms with Gasteiger partial charge in [0.05, 0.1) is 0 Å². The van der Waals surface area contributed by atoms with Gasteiger partial charge in [0, 0.05) is 30.6 Å². The van der Waals surface area contributed by atoms with E-state index in [0.717, 1.165) is 48.5 Å². The minimum Gasteiger partial charge on any atom is -0.490 e. The SMILES string of the molecule is CN1C(=O)CC[C@]2(C)[C@H]3CC[C@]4(C)[C@@H](Oc5ccc(N)cc5)CC[C@H]4[C@@H]3CC[C@@H]12.Cl. The molecule has 5 rings (SSSR count). The van der Waals surface area contributed by atoms with Gasteiger partial charge in [0.25, 0.3) is 0 Å². The van der Waals surface area contributed by atoms with E-state index in [1.54, 1.807) is 0 Å². The molecule has 166 valence electrons. The van der Waals surface area contributed by atoms with Gasteiger partial charge in [-0.05, 0) is 92.4 Å². The first-order chi connectivity index (χ1) is 13.8. The molecule has 0 radical (unpaired) electrons. The Morgan fingerprint density at radius 3 is 2.40 bits per heavy atom. The van der Waals surface area contributed by atoms with Gasteiger partial charge in [-0.3, -0.25) is 4.79 Å². The van der Waals surface area contributed by atoms with Crippen molar-refractivity contribution in [1.82, 2.24) is 4.90 Å². The normalized spacial score (nSPS) is 42.6. The summed E-state index contributed by atoms with van der Waals surface area (Å²) in [5.41, 5.74) is 7.19. The van der Waals surface area contributed by atoms with Crippen LogP contribution >= 0.6 is 12.4 Å². The Balaban J connectivity index is 0.00000218. The molecule has 5 heteroatoms. The van der Waals surface area contributed by atoms with Crippen molar-refractivity contribution in [2.24, 2.45) is 28.6 Å². The molecule has 0 unspecified atom stereocenters. The second-order valence-corrected chi connectivity index (χ2v) is 10.8. The maximum absolute atomic E-state index is 12.3. The maximum atomic E-state index is 12.3. The third-order valence-electron chi connectivity index (χ3n) is 9.63. The number of amides is 1. The number of ether oxygens (including phenoxy) is 1. The van der Waals surface area contributed by atoms with E-state index in [9.17, 15) is 4.79 Å². The Kier molecular flexibility index (Phi) is 5.53. The highest BCUT2D eigenvalue weighted by Gasteiger charge is 2.61. The van der Waals surface area contributed by atoms with E-state index in [1.807, 2.05) is 31.3 Å². The Bertz CT molecular complexity index is 799. The molecule has 1 heterocycles. The molecule has 0 bridgehead atoms. The smallest absolute Gasteiger partial charge is 0.222 e. The number of likely N-dealkylation sites (tertiary alicyclic amines) is 1. The first kappa shape index (κ1) is 21.8. The van der Waals surface area contributed by atoms with E-state index in [4.69, 9.17) is 10.5 Å². The molecule has 3 saturated carbocycles. The molecule has 0 spiro atoms. The molecule has 4 nitrogen and oxygen atoms in total. The highest BCUT2D eigenvalue weighted by molar-refractivity contribution is 5.85. The summed E-state index contributed by atoms with van der Waals surface area (Å²) in [5, 5.41) is 0. The molecule has 0 aromatic heterocycles. The molecule has 1 aromatic carbocycles. The topological polar surface area (TPSA) is 55.6 Å². The lowest BCUT2D eigenvalue weighted by Gasteiger charge is -2.61. The number of fused-ring (bicyclic) bond motifs is 5. The van der Waals surface area contributed by atoms with Gasteiger partial charge in [-0.15, -0.1) is 12.4 Å². The minimum atomic E-state index is 0. The number of nitrogens with two attached hydrogens (primary N) is 1. The van der Waals surface area contributed by atoms with E-state index in [-0.39, 0.29) is 17.8 Å². The Labute approximate surface area is 187 Å². The molecule has 2 N–H and O–H groups in total. The summed E-state index contributed by atoms with van der Waals surface area (Å²) in [6.07, 6.45) is 9.55. The number of anilines is 1. The van der Waals surface area contributed by atoms with Crippen molar-refractivity contribution in [3.8, 4) is 5.75 Å². The summed E-state index contributed by atoms with van der Waals surface area (Å²) in [6, 6.07) is 8.34. The van der Waals surface area contributed by atoms with E-state index >= 15 is 0 Å². The van der Waals surface area contributed by atoms with Gasteiger partial charge in [0.1, 0.15) is 11.9 Å². The van der Waals surface area contributed by atoms with Gasteiger partial charge in [-0.25, -0.2) is 0 Å². The second kappa shape index (κ2) is 7.62. The lowest BCUT2D eigenvalue weighted by molar-refractivity contribution is -0.159. The van der Waals surface area contributed by atoms with Crippen molar-refractivity contribution < 1.29 is 9.53 Å². The van der Waals surface area contributed by atoms with Crippen LogP contribution in [0.2, 0.25) is 0 Å². The summed E-state index contributed by atoms with van der Waals surface area (Å²) < 4.78 is 6.54. The van der Waals surface area contributed by atoms with Gasteiger partial charge < -0.3 is 15.4 Å².